The Morgan fingerprint density at radius 3 is 2.59 bits per heavy atom. The highest BCUT2D eigenvalue weighted by Gasteiger charge is 2.42. The van der Waals surface area contributed by atoms with Gasteiger partial charge in [0.1, 0.15) is 5.01 Å². The van der Waals surface area contributed by atoms with Gasteiger partial charge in [-0.2, -0.15) is 0 Å². The largest absolute Gasteiger partial charge is 0.337 e. The molecule has 1 aliphatic carbocycles. The fourth-order valence-electron chi connectivity index (χ4n) is 4.20. The predicted molar refractivity (Wildman–Crippen MR) is 115 cm³/mol. The summed E-state index contributed by atoms with van der Waals surface area (Å²) >= 11 is 1.64. The quantitative estimate of drug-likeness (QED) is 0.760. The number of hydrogen-bond acceptors (Lipinski definition) is 5. The number of aryl methyl sites for hydroxylation is 1. The van der Waals surface area contributed by atoms with Crippen LogP contribution in [0.15, 0.2) is 30.3 Å². The molecule has 0 spiro atoms. The Morgan fingerprint density at radius 2 is 1.97 bits per heavy atom. The lowest BCUT2D eigenvalue weighted by atomic mass is 9.84. The second-order valence-electron chi connectivity index (χ2n) is 8.10. The van der Waals surface area contributed by atoms with E-state index in [2.05, 4.69) is 4.72 Å². The molecular weight excluding hydrogens is 406 g/mol. The standard InChI is InChI=1S/C21H27N3O3S2/c1-14-18(22-20(28-14)15-7-4-3-5-8-15)13-19-17(23-29(2,26)27)11-12-24(19)21(25)16-9-6-10-16/h3-5,7-8,16-17,19,23H,6,9-13H2,1-2H3. The first-order valence-electron chi connectivity index (χ1n) is 10.1. The van der Waals surface area contributed by atoms with E-state index < -0.39 is 10.0 Å². The third kappa shape index (κ3) is 4.54. The molecule has 1 aromatic carbocycles. The van der Waals surface area contributed by atoms with E-state index in [1.165, 1.54) is 6.26 Å². The molecule has 29 heavy (non-hydrogen) atoms. The van der Waals surface area contributed by atoms with Crippen LogP contribution in [-0.4, -0.2) is 49.1 Å². The molecule has 1 aliphatic heterocycles. The molecule has 2 aliphatic rings. The summed E-state index contributed by atoms with van der Waals surface area (Å²) in [5, 5.41) is 0.959. The van der Waals surface area contributed by atoms with Gasteiger partial charge in [-0.3, -0.25) is 4.79 Å². The number of benzene rings is 1. The fourth-order valence-corrected chi connectivity index (χ4v) is 5.97. The van der Waals surface area contributed by atoms with Crippen LogP contribution in [0.25, 0.3) is 10.6 Å². The van der Waals surface area contributed by atoms with Gasteiger partial charge in [-0.15, -0.1) is 11.3 Å². The van der Waals surface area contributed by atoms with Crippen LogP contribution >= 0.6 is 11.3 Å². The second-order valence-corrected chi connectivity index (χ2v) is 11.1. The van der Waals surface area contributed by atoms with Crippen molar-refractivity contribution in [1.82, 2.24) is 14.6 Å². The van der Waals surface area contributed by atoms with Crippen molar-refractivity contribution in [3.8, 4) is 10.6 Å². The zero-order valence-electron chi connectivity index (χ0n) is 16.8. The summed E-state index contributed by atoms with van der Waals surface area (Å²) in [7, 11) is -3.35. The highest BCUT2D eigenvalue weighted by Crippen LogP contribution is 2.34. The Balaban J connectivity index is 1.59. The zero-order chi connectivity index (χ0) is 20.6. The molecule has 6 nitrogen and oxygen atoms in total. The summed E-state index contributed by atoms with van der Waals surface area (Å²) in [6.45, 7) is 2.65. The second kappa shape index (κ2) is 8.16. The van der Waals surface area contributed by atoms with Gasteiger partial charge in [-0.05, 0) is 26.2 Å². The molecule has 0 radical (unpaired) electrons. The summed E-state index contributed by atoms with van der Waals surface area (Å²) in [5.41, 5.74) is 2.03. The van der Waals surface area contributed by atoms with Crippen molar-refractivity contribution < 1.29 is 13.2 Å². The molecule has 156 valence electrons. The normalized spacial score (nSPS) is 22.6. The summed E-state index contributed by atoms with van der Waals surface area (Å²) < 4.78 is 26.5. The highest BCUT2D eigenvalue weighted by molar-refractivity contribution is 7.88. The molecule has 4 rings (SSSR count). The van der Waals surface area contributed by atoms with Crippen LogP contribution in [0.1, 0.15) is 36.3 Å². The third-order valence-electron chi connectivity index (χ3n) is 5.96. The number of carbonyl (C=O) groups excluding carboxylic acids is 1. The number of likely N-dealkylation sites (tertiary alicyclic amines) is 1. The van der Waals surface area contributed by atoms with Gasteiger partial charge in [-0.1, -0.05) is 36.8 Å². The van der Waals surface area contributed by atoms with Crippen LogP contribution in [0.3, 0.4) is 0 Å². The molecular formula is C21H27N3O3S2. The molecule has 8 heteroatoms. The van der Waals surface area contributed by atoms with Crippen molar-refractivity contribution in [2.45, 2.75) is 51.1 Å². The molecule has 2 fully saturated rings. The van der Waals surface area contributed by atoms with Crippen molar-refractivity contribution >= 4 is 27.3 Å². The van der Waals surface area contributed by atoms with Crippen molar-refractivity contribution in [3.63, 3.8) is 0 Å². The molecule has 0 bridgehead atoms. The number of nitrogens with one attached hydrogen (secondary N) is 1. The smallest absolute Gasteiger partial charge is 0.225 e. The van der Waals surface area contributed by atoms with E-state index in [-0.39, 0.29) is 23.9 Å². The average Bonchev–Trinajstić information content (AvgIpc) is 3.17. The lowest BCUT2D eigenvalue weighted by Crippen LogP contribution is -2.49. The van der Waals surface area contributed by atoms with Gasteiger partial charge in [0.15, 0.2) is 0 Å². The van der Waals surface area contributed by atoms with Gasteiger partial charge >= 0.3 is 0 Å². The summed E-state index contributed by atoms with van der Waals surface area (Å²) in [6.07, 6.45) is 5.39. The minimum atomic E-state index is -3.35. The number of rotatable bonds is 6. The lowest BCUT2D eigenvalue weighted by molar-refractivity contribution is -0.139. The maximum absolute atomic E-state index is 13.0. The Morgan fingerprint density at radius 1 is 1.24 bits per heavy atom. The monoisotopic (exact) mass is 433 g/mol. The third-order valence-corrected chi connectivity index (χ3v) is 7.76. The molecule has 2 heterocycles. The van der Waals surface area contributed by atoms with Crippen LogP contribution in [0.4, 0.5) is 0 Å². The van der Waals surface area contributed by atoms with Crippen molar-refractivity contribution in [2.24, 2.45) is 5.92 Å². The number of thiazole rings is 1. The predicted octanol–water partition coefficient (Wildman–Crippen LogP) is 2.98. The van der Waals surface area contributed by atoms with Gasteiger partial charge in [0, 0.05) is 35.4 Å². The highest BCUT2D eigenvalue weighted by atomic mass is 32.2. The minimum Gasteiger partial charge on any atom is -0.337 e. The molecule has 2 aromatic rings. The fraction of sp³-hybridized carbons (Fsp3) is 0.524. The molecule has 1 saturated heterocycles. The van der Waals surface area contributed by atoms with E-state index in [9.17, 15) is 13.2 Å². The molecule has 1 amide bonds. The van der Waals surface area contributed by atoms with E-state index in [0.717, 1.165) is 40.4 Å². The van der Waals surface area contributed by atoms with Gasteiger partial charge in [0.2, 0.25) is 15.9 Å². The van der Waals surface area contributed by atoms with Crippen LogP contribution in [0.5, 0.6) is 0 Å². The maximum Gasteiger partial charge on any atom is 0.225 e. The number of aromatic nitrogens is 1. The topological polar surface area (TPSA) is 79.4 Å². The number of sulfonamides is 1. The molecule has 1 saturated carbocycles. The van der Waals surface area contributed by atoms with Gasteiger partial charge in [0.25, 0.3) is 0 Å². The van der Waals surface area contributed by atoms with E-state index in [1.807, 2.05) is 42.2 Å². The summed E-state index contributed by atoms with van der Waals surface area (Å²) in [5.74, 6) is 0.279. The summed E-state index contributed by atoms with van der Waals surface area (Å²) in [6, 6.07) is 9.59. The Labute approximate surface area is 176 Å². The van der Waals surface area contributed by atoms with Crippen molar-refractivity contribution in [3.05, 3.63) is 40.9 Å². The van der Waals surface area contributed by atoms with Gasteiger partial charge in [-0.25, -0.2) is 18.1 Å². The first-order valence-corrected chi connectivity index (χ1v) is 12.8. The number of carbonyl (C=O) groups is 1. The van der Waals surface area contributed by atoms with E-state index >= 15 is 0 Å². The minimum absolute atomic E-state index is 0.103. The van der Waals surface area contributed by atoms with Crippen LogP contribution < -0.4 is 4.72 Å². The first-order chi connectivity index (χ1) is 13.8. The van der Waals surface area contributed by atoms with Crippen molar-refractivity contribution in [2.75, 3.05) is 12.8 Å². The van der Waals surface area contributed by atoms with Crippen LogP contribution in [0.2, 0.25) is 0 Å². The molecule has 1 N–H and O–H groups in total. The SMILES string of the molecule is Cc1sc(-c2ccccc2)nc1CC1C(NS(C)(=O)=O)CCN1C(=O)C1CCC1. The number of nitrogens with zero attached hydrogens (tertiary/aromatic N) is 2. The van der Waals surface area contributed by atoms with Gasteiger partial charge in [0.05, 0.1) is 18.0 Å². The lowest BCUT2D eigenvalue weighted by Gasteiger charge is -2.34. The maximum atomic E-state index is 13.0. The number of hydrogen-bond donors (Lipinski definition) is 1. The Hall–Kier alpha value is -1.77. The molecule has 2 unspecified atom stereocenters. The van der Waals surface area contributed by atoms with Crippen LogP contribution in [-0.2, 0) is 21.2 Å². The number of amides is 1. The van der Waals surface area contributed by atoms with Crippen molar-refractivity contribution in [1.29, 1.82) is 0 Å². The average molecular weight is 434 g/mol. The van der Waals surface area contributed by atoms with Gasteiger partial charge < -0.3 is 4.90 Å². The van der Waals surface area contributed by atoms with E-state index in [4.69, 9.17) is 4.98 Å². The Bertz CT molecular complexity index is 984. The first kappa shape index (κ1) is 20.5. The molecule has 1 aromatic heterocycles. The van der Waals surface area contributed by atoms with E-state index in [1.54, 1.807) is 11.3 Å². The summed E-state index contributed by atoms with van der Waals surface area (Å²) in [4.78, 5) is 20.9. The molecule has 2 atom stereocenters. The Kier molecular flexibility index (Phi) is 5.77. The van der Waals surface area contributed by atoms with Crippen LogP contribution in [0, 0.1) is 12.8 Å². The zero-order valence-corrected chi connectivity index (χ0v) is 18.4. The van der Waals surface area contributed by atoms with E-state index in [0.29, 0.717) is 19.4 Å².